The van der Waals surface area contributed by atoms with Gasteiger partial charge in [-0.15, -0.1) is 0 Å². The molecule has 0 aliphatic heterocycles. The Hall–Kier alpha value is -5.74. The average molecular weight is 492 g/mol. The van der Waals surface area contributed by atoms with Crippen LogP contribution in [0.4, 0.5) is 0 Å². The summed E-state index contributed by atoms with van der Waals surface area (Å²) in [5.74, 6) is 0. The number of fused-ring (bicyclic) bond motifs is 8. The highest BCUT2D eigenvalue weighted by Crippen LogP contribution is 2.36. The van der Waals surface area contributed by atoms with Crippen LogP contribution in [0.25, 0.3) is 65.9 Å². The van der Waals surface area contributed by atoms with Crippen LogP contribution >= 0.6 is 0 Å². The quantitative estimate of drug-likeness (QED) is 0.293. The first-order valence-electron chi connectivity index (χ1n) is 11.7. The molecular weight excluding hydrogens is 480 g/mol. The fraction of sp³-hybridized carbons (Fsp3) is 0.0714. The van der Waals surface area contributed by atoms with E-state index < -0.39 is 5.56 Å². The van der Waals surface area contributed by atoms with Crippen LogP contribution in [-0.2, 0) is 0 Å². The van der Waals surface area contributed by atoms with E-state index in [0.29, 0.717) is 32.6 Å². The molecule has 0 radical (unpaired) electrons. The van der Waals surface area contributed by atoms with Crippen molar-refractivity contribution in [1.29, 1.82) is 10.5 Å². The molecule has 0 saturated heterocycles. The molecule has 0 N–H and O–H groups in total. The lowest BCUT2D eigenvalue weighted by molar-refractivity contribution is 1.12. The molecule has 0 unspecified atom stereocenters. The van der Waals surface area contributed by atoms with Crippen molar-refractivity contribution in [3.05, 3.63) is 79.6 Å². The van der Waals surface area contributed by atoms with Crippen LogP contribution < -0.4 is 11.1 Å². The minimum absolute atomic E-state index is 0.0879. The molecule has 0 aliphatic carbocycles. The monoisotopic (exact) mass is 492 g/mol. The molecule has 8 aromatic rings. The molecule has 0 spiro atoms. The smallest absolute Gasteiger partial charge is 0.266 e. The summed E-state index contributed by atoms with van der Waals surface area (Å²) in [4.78, 5) is 45.5. The Kier molecular flexibility index (Phi) is 3.51. The lowest BCUT2D eigenvalue weighted by Gasteiger charge is -2.11. The van der Waals surface area contributed by atoms with Crippen LogP contribution in [0.2, 0.25) is 0 Å². The molecule has 0 amide bonds. The molecule has 0 fully saturated rings. The number of nitriles is 2. The number of rotatable bonds is 0. The third-order valence-corrected chi connectivity index (χ3v) is 7.31. The van der Waals surface area contributed by atoms with Gasteiger partial charge in [0, 0.05) is 32.3 Å². The first kappa shape index (κ1) is 20.5. The van der Waals surface area contributed by atoms with Crippen LogP contribution in [0.5, 0.6) is 0 Å². The fourth-order valence-corrected chi connectivity index (χ4v) is 5.80. The fourth-order valence-electron chi connectivity index (χ4n) is 5.80. The van der Waals surface area contributed by atoms with Crippen LogP contribution in [-0.4, -0.2) is 28.7 Å². The molecule has 0 atom stereocenters. The summed E-state index contributed by atoms with van der Waals surface area (Å²) < 4.78 is 2.96. The van der Waals surface area contributed by atoms with Crippen LogP contribution in [0.15, 0.2) is 46.0 Å². The number of benzene rings is 3. The summed E-state index contributed by atoms with van der Waals surface area (Å²) in [5.41, 5.74) is 3.57. The largest absolute Gasteiger partial charge is 0.268 e. The zero-order valence-electron chi connectivity index (χ0n) is 19.9. The minimum atomic E-state index is -0.403. The maximum atomic E-state index is 13.9. The topological polar surface area (TPSA) is 142 Å². The van der Waals surface area contributed by atoms with E-state index in [2.05, 4.69) is 15.0 Å². The predicted molar refractivity (Wildman–Crippen MR) is 141 cm³/mol. The van der Waals surface area contributed by atoms with Crippen LogP contribution in [0.3, 0.4) is 0 Å². The van der Waals surface area contributed by atoms with Gasteiger partial charge in [-0.25, -0.2) is 24.3 Å². The van der Waals surface area contributed by atoms with E-state index >= 15 is 0 Å². The van der Waals surface area contributed by atoms with Crippen molar-refractivity contribution in [2.75, 3.05) is 0 Å². The first-order chi connectivity index (χ1) is 18.4. The molecule has 5 heterocycles. The van der Waals surface area contributed by atoms with E-state index in [-0.39, 0.29) is 33.9 Å². The number of aromatic nitrogens is 6. The second kappa shape index (κ2) is 6.52. The van der Waals surface area contributed by atoms with Crippen molar-refractivity contribution in [3.8, 4) is 12.1 Å². The van der Waals surface area contributed by atoms with Gasteiger partial charge in [0.25, 0.3) is 11.1 Å². The minimum Gasteiger partial charge on any atom is -0.268 e. The Bertz CT molecular complexity index is 2600. The molecule has 0 aliphatic rings. The summed E-state index contributed by atoms with van der Waals surface area (Å²) in [5, 5.41) is 22.3. The number of hydrogen-bond donors (Lipinski definition) is 0. The Balaban J connectivity index is 1.64. The average Bonchev–Trinajstić information content (AvgIpc) is 3.49. The third-order valence-electron chi connectivity index (χ3n) is 7.31. The lowest BCUT2D eigenvalue weighted by atomic mass is 9.96. The van der Waals surface area contributed by atoms with Gasteiger partial charge in [-0.1, -0.05) is 6.07 Å². The Morgan fingerprint density at radius 3 is 1.92 bits per heavy atom. The predicted octanol–water partition coefficient (Wildman–Crippen LogP) is 3.49. The van der Waals surface area contributed by atoms with Gasteiger partial charge >= 0.3 is 0 Å². The number of aryl methyl sites for hydroxylation is 2. The number of hydrogen-bond acceptors (Lipinski definition) is 8. The molecule has 8 rings (SSSR count). The number of pyridine rings is 2. The highest BCUT2D eigenvalue weighted by Gasteiger charge is 2.24. The summed E-state index contributed by atoms with van der Waals surface area (Å²) in [7, 11) is 0. The molecule has 0 bridgehead atoms. The number of imidazole rings is 2. The third kappa shape index (κ3) is 2.21. The standard InChI is InChI=1S/C28H12N8O2/c1-11-7-12(2)22-19(8-11)35-24(33-22)13-3-6-16-21-14(4-5-15(20(13)21)27(35)37)25-34-23-26(36(25)28(16)38)32-18(10-30)17(9-29)31-23/h3-8H,1-2H3. The normalized spacial score (nSPS) is 12.1. The zero-order chi connectivity index (χ0) is 26.0. The molecule has 10 nitrogen and oxygen atoms in total. The lowest BCUT2D eigenvalue weighted by Crippen LogP contribution is -2.17. The van der Waals surface area contributed by atoms with Crippen molar-refractivity contribution in [2.24, 2.45) is 0 Å². The summed E-state index contributed by atoms with van der Waals surface area (Å²) in [6.45, 7) is 3.96. The van der Waals surface area contributed by atoms with Crippen molar-refractivity contribution in [3.63, 3.8) is 0 Å². The second-order valence-electron chi connectivity index (χ2n) is 9.46. The van der Waals surface area contributed by atoms with E-state index in [9.17, 15) is 20.1 Å². The zero-order valence-corrected chi connectivity index (χ0v) is 19.9. The van der Waals surface area contributed by atoms with Crippen molar-refractivity contribution >= 4 is 65.9 Å². The van der Waals surface area contributed by atoms with E-state index in [0.717, 1.165) is 27.5 Å². The molecule has 3 aromatic carbocycles. The van der Waals surface area contributed by atoms with Gasteiger partial charge < -0.3 is 0 Å². The van der Waals surface area contributed by atoms with E-state index in [1.807, 2.05) is 44.2 Å². The highest BCUT2D eigenvalue weighted by atomic mass is 16.1. The van der Waals surface area contributed by atoms with Gasteiger partial charge in [0.15, 0.2) is 28.3 Å². The molecule has 0 saturated carbocycles. The van der Waals surface area contributed by atoms with Gasteiger partial charge in [0.1, 0.15) is 17.8 Å². The SMILES string of the molecule is Cc1cc(C)c2nc3c4ccc5c(=O)n6c7nc(C#N)c(C#N)nc7nc6c6ccc(c(=O)n3c2c1)c4c56. The van der Waals surface area contributed by atoms with Crippen molar-refractivity contribution in [2.45, 2.75) is 13.8 Å². The Labute approximate surface area is 211 Å². The van der Waals surface area contributed by atoms with E-state index in [1.165, 1.54) is 4.40 Å². The van der Waals surface area contributed by atoms with Gasteiger partial charge in [0.05, 0.1) is 11.0 Å². The first-order valence-corrected chi connectivity index (χ1v) is 11.7. The molecular formula is C28H12N8O2. The second-order valence-corrected chi connectivity index (χ2v) is 9.46. The summed E-state index contributed by atoms with van der Waals surface area (Å²) >= 11 is 0. The molecule has 38 heavy (non-hydrogen) atoms. The number of nitrogens with zero attached hydrogens (tertiary/aromatic N) is 8. The highest BCUT2D eigenvalue weighted by molar-refractivity contribution is 6.27. The van der Waals surface area contributed by atoms with Crippen molar-refractivity contribution in [1.82, 2.24) is 28.7 Å². The maximum Gasteiger partial charge on any atom is 0.266 e. The molecule has 10 heteroatoms. The molecule has 5 aromatic heterocycles. The van der Waals surface area contributed by atoms with Crippen LogP contribution in [0, 0.1) is 36.5 Å². The van der Waals surface area contributed by atoms with Gasteiger partial charge in [-0.05, 0) is 55.3 Å². The van der Waals surface area contributed by atoms with Gasteiger partial charge in [-0.3, -0.25) is 14.0 Å². The summed E-state index contributed by atoms with van der Waals surface area (Å²) in [6, 6.07) is 14.8. The van der Waals surface area contributed by atoms with Gasteiger partial charge in [0.2, 0.25) is 0 Å². The Morgan fingerprint density at radius 1 is 0.684 bits per heavy atom. The van der Waals surface area contributed by atoms with E-state index in [4.69, 9.17) is 4.98 Å². The van der Waals surface area contributed by atoms with Crippen molar-refractivity contribution < 1.29 is 0 Å². The van der Waals surface area contributed by atoms with Crippen LogP contribution in [0.1, 0.15) is 22.5 Å². The molecule has 176 valence electrons. The summed E-state index contributed by atoms with van der Waals surface area (Å²) in [6.07, 6.45) is 0. The Morgan fingerprint density at radius 2 is 1.26 bits per heavy atom. The van der Waals surface area contributed by atoms with E-state index in [1.54, 1.807) is 22.6 Å². The van der Waals surface area contributed by atoms with Gasteiger partial charge in [-0.2, -0.15) is 10.5 Å². The maximum absolute atomic E-state index is 13.9.